The summed E-state index contributed by atoms with van der Waals surface area (Å²) in [6.45, 7) is 3.72. The van der Waals surface area contributed by atoms with Gasteiger partial charge < -0.3 is 10.2 Å². The smallest absolute Gasteiger partial charge is 0.122 e. The number of phenols is 2. The highest BCUT2D eigenvalue weighted by Crippen LogP contribution is 2.28. The Labute approximate surface area is 107 Å². The van der Waals surface area contributed by atoms with Gasteiger partial charge in [0.2, 0.25) is 0 Å². The SMILES string of the molecule is Cc1ccc(/C=C/c2cc(O)c(C)c(O)c2)cc1. The molecule has 0 saturated carbocycles. The van der Waals surface area contributed by atoms with Gasteiger partial charge in [-0.15, -0.1) is 0 Å². The van der Waals surface area contributed by atoms with Crippen LogP contribution in [-0.4, -0.2) is 10.2 Å². The lowest BCUT2D eigenvalue weighted by Crippen LogP contribution is -1.80. The van der Waals surface area contributed by atoms with E-state index < -0.39 is 0 Å². The van der Waals surface area contributed by atoms with E-state index in [0.29, 0.717) is 5.56 Å². The van der Waals surface area contributed by atoms with Gasteiger partial charge in [0.25, 0.3) is 0 Å². The minimum Gasteiger partial charge on any atom is -0.508 e. The first-order valence-electron chi connectivity index (χ1n) is 5.83. The lowest BCUT2D eigenvalue weighted by Gasteiger charge is -2.03. The largest absolute Gasteiger partial charge is 0.508 e. The number of benzene rings is 2. The number of phenolic OH excluding ortho intramolecular Hbond substituents is 2. The molecule has 0 spiro atoms. The molecule has 2 aromatic carbocycles. The van der Waals surface area contributed by atoms with Gasteiger partial charge in [0.05, 0.1) is 0 Å². The maximum absolute atomic E-state index is 9.62. The second-order valence-electron chi connectivity index (χ2n) is 4.43. The summed E-state index contributed by atoms with van der Waals surface area (Å²) < 4.78 is 0. The summed E-state index contributed by atoms with van der Waals surface area (Å²) in [6.07, 6.45) is 3.81. The van der Waals surface area contributed by atoms with Crippen molar-refractivity contribution in [1.29, 1.82) is 0 Å². The first-order chi connectivity index (χ1) is 8.56. The fourth-order valence-corrected chi connectivity index (χ4v) is 1.67. The Balaban J connectivity index is 2.26. The molecule has 0 bridgehead atoms. The summed E-state index contributed by atoms with van der Waals surface area (Å²) in [5.41, 5.74) is 3.58. The second-order valence-corrected chi connectivity index (χ2v) is 4.43. The third-order valence-corrected chi connectivity index (χ3v) is 2.92. The van der Waals surface area contributed by atoms with Gasteiger partial charge in [-0.25, -0.2) is 0 Å². The Morgan fingerprint density at radius 3 is 1.83 bits per heavy atom. The fraction of sp³-hybridized carbons (Fsp3) is 0.125. The van der Waals surface area contributed by atoms with Gasteiger partial charge in [0.1, 0.15) is 11.5 Å². The zero-order valence-corrected chi connectivity index (χ0v) is 10.5. The van der Waals surface area contributed by atoms with E-state index >= 15 is 0 Å². The van der Waals surface area contributed by atoms with Crippen molar-refractivity contribution in [3.05, 3.63) is 58.7 Å². The maximum atomic E-state index is 9.62. The van der Waals surface area contributed by atoms with Crippen LogP contribution in [0.3, 0.4) is 0 Å². The van der Waals surface area contributed by atoms with Gasteiger partial charge in [-0.05, 0) is 37.1 Å². The van der Waals surface area contributed by atoms with Crippen molar-refractivity contribution in [2.24, 2.45) is 0 Å². The van der Waals surface area contributed by atoms with Gasteiger partial charge in [-0.1, -0.05) is 42.0 Å². The van der Waals surface area contributed by atoms with Crippen LogP contribution in [0.2, 0.25) is 0 Å². The van der Waals surface area contributed by atoms with Crippen molar-refractivity contribution in [2.45, 2.75) is 13.8 Å². The van der Waals surface area contributed by atoms with Crippen LogP contribution < -0.4 is 0 Å². The van der Waals surface area contributed by atoms with Gasteiger partial charge in [0, 0.05) is 5.56 Å². The summed E-state index contributed by atoms with van der Waals surface area (Å²) in [5.74, 6) is 0.220. The molecule has 2 heteroatoms. The van der Waals surface area contributed by atoms with Crippen LogP contribution in [0.15, 0.2) is 36.4 Å². The molecule has 0 radical (unpaired) electrons. The van der Waals surface area contributed by atoms with Crippen molar-refractivity contribution in [3.8, 4) is 11.5 Å². The molecule has 0 atom stereocenters. The van der Waals surface area contributed by atoms with E-state index in [1.807, 2.05) is 43.3 Å². The summed E-state index contributed by atoms with van der Waals surface area (Å²) in [6, 6.07) is 11.4. The number of aryl methyl sites for hydroxylation is 1. The molecule has 0 aliphatic heterocycles. The molecule has 0 amide bonds. The quantitative estimate of drug-likeness (QED) is 0.782. The normalized spacial score (nSPS) is 11.0. The highest BCUT2D eigenvalue weighted by molar-refractivity contribution is 5.71. The van der Waals surface area contributed by atoms with Gasteiger partial charge in [-0.3, -0.25) is 0 Å². The molecule has 0 aliphatic carbocycles. The lowest BCUT2D eigenvalue weighted by atomic mass is 10.1. The minimum atomic E-state index is 0.110. The van der Waals surface area contributed by atoms with E-state index in [0.717, 1.165) is 11.1 Å². The van der Waals surface area contributed by atoms with Crippen LogP contribution in [0.4, 0.5) is 0 Å². The molecule has 92 valence electrons. The fourth-order valence-electron chi connectivity index (χ4n) is 1.67. The van der Waals surface area contributed by atoms with Crippen LogP contribution in [-0.2, 0) is 0 Å². The molecule has 2 aromatic rings. The zero-order chi connectivity index (χ0) is 13.1. The third kappa shape index (κ3) is 2.72. The van der Waals surface area contributed by atoms with E-state index in [1.54, 1.807) is 19.1 Å². The molecular formula is C16H16O2. The van der Waals surface area contributed by atoms with E-state index in [2.05, 4.69) is 0 Å². The van der Waals surface area contributed by atoms with E-state index in [9.17, 15) is 10.2 Å². The lowest BCUT2D eigenvalue weighted by molar-refractivity contribution is 0.443. The zero-order valence-electron chi connectivity index (χ0n) is 10.5. The molecule has 2 nitrogen and oxygen atoms in total. The predicted molar refractivity (Wildman–Crippen MR) is 74.6 cm³/mol. The van der Waals surface area contributed by atoms with Crippen LogP contribution in [0, 0.1) is 13.8 Å². The highest BCUT2D eigenvalue weighted by Gasteiger charge is 2.03. The summed E-state index contributed by atoms with van der Waals surface area (Å²) in [7, 11) is 0. The number of hydrogen-bond acceptors (Lipinski definition) is 2. The topological polar surface area (TPSA) is 40.5 Å². The Kier molecular flexibility index (Phi) is 3.38. The van der Waals surface area contributed by atoms with Crippen LogP contribution in [0.25, 0.3) is 12.2 Å². The van der Waals surface area contributed by atoms with Crippen LogP contribution in [0.5, 0.6) is 11.5 Å². The van der Waals surface area contributed by atoms with Crippen LogP contribution in [0.1, 0.15) is 22.3 Å². The number of rotatable bonds is 2. The molecular weight excluding hydrogens is 224 g/mol. The Morgan fingerprint density at radius 2 is 1.28 bits per heavy atom. The molecule has 2 rings (SSSR count). The molecule has 0 heterocycles. The molecule has 0 aromatic heterocycles. The first kappa shape index (κ1) is 12.2. The van der Waals surface area contributed by atoms with E-state index in [-0.39, 0.29) is 11.5 Å². The van der Waals surface area contributed by atoms with Crippen molar-refractivity contribution in [3.63, 3.8) is 0 Å². The summed E-state index contributed by atoms with van der Waals surface area (Å²) >= 11 is 0. The number of aromatic hydroxyl groups is 2. The molecule has 18 heavy (non-hydrogen) atoms. The van der Waals surface area contributed by atoms with Gasteiger partial charge in [0.15, 0.2) is 0 Å². The standard InChI is InChI=1S/C16H16O2/c1-11-3-5-13(6-4-11)7-8-14-9-15(17)12(2)16(18)10-14/h3-10,17-18H,1-2H3/b8-7+. The molecule has 0 unspecified atom stereocenters. The third-order valence-electron chi connectivity index (χ3n) is 2.92. The maximum Gasteiger partial charge on any atom is 0.122 e. The first-order valence-corrected chi connectivity index (χ1v) is 5.83. The van der Waals surface area contributed by atoms with Gasteiger partial charge in [-0.2, -0.15) is 0 Å². The van der Waals surface area contributed by atoms with E-state index in [1.165, 1.54) is 5.56 Å². The van der Waals surface area contributed by atoms with Crippen molar-refractivity contribution in [2.75, 3.05) is 0 Å². The van der Waals surface area contributed by atoms with Gasteiger partial charge >= 0.3 is 0 Å². The molecule has 0 fully saturated rings. The summed E-state index contributed by atoms with van der Waals surface area (Å²) in [5, 5.41) is 19.2. The predicted octanol–water partition coefficient (Wildman–Crippen LogP) is 3.89. The average Bonchev–Trinajstić information content (AvgIpc) is 2.35. The monoisotopic (exact) mass is 240 g/mol. The second kappa shape index (κ2) is 4.96. The molecule has 0 aliphatic rings. The Morgan fingerprint density at radius 1 is 0.778 bits per heavy atom. The van der Waals surface area contributed by atoms with Crippen molar-refractivity contribution in [1.82, 2.24) is 0 Å². The van der Waals surface area contributed by atoms with Crippen molar-refractivity contribution >= 4 is 12.2 Å². The average molecular weight is 240 g/mol. The van der Waals surface area contributed by atoms with E-state index in [4.69, 9.17) is 0 Å². The summed E-state index contributed by atoms with van der Waals surface area (Å²) in [4.78, 5) is 0. The minimum absolute atomic E-state index is 0.110. The Hall–Kier alpha value is -2.22. The highest BCUT2D eigenvalue weighted by atomic mass is 16.3. The Bertz CT molecular complexity index is 558. The molecule has 0 saturated heterocycles. The van der Waals surface area contributed by atoms with Crippen molar-refractivity contribution < 1.29 is 10.2 Å². The molecule has 2 N–H and O–H groups in total. The number of hydrogen-bond donors (Lipinski definition) is 2. The van der Waals surface area contributed by atoms with Crippen LogP contribution >= 0.6 is 0 Å².